The van der Waals surface area contributed by atoms with Gasteiger partial charge in [-0.2, -0.15) is 0 Å². The summed E-state index contributed by atoms with van der Waals surface area (Å²) in [4.78, 5) is 12.2. The lowest BCUT2D eigenvalue weighted by atomic mass is 9.72. The van der Waals surface area contributed by atoms with Gasteiger partial charge in [0, 0.05) is 12.3 Å². The molecule has 1 fully saturated rings. The van der Waals surface area contributed by atoms with Crippen molar-refractivity contribution >= 4 is 34.8 Å². The first-order valence-corrected chi connectivity index (χ1v) is 8.20. The molecule has 1 aliphatic rings. The summed E-state index contributed by atoms with van der Waals surface area (Å²) in [6.45, 7) is 4.73. The van der Waals surface area contributed by atoms with E-state index in [9.17, 15) is 4.79 Å². The highest BCUT2D eigenvalue weighted by Gasteiger charge is 2.33. The summed E-state index contributed by atoms with van der Waals surface area (Å²) in [7, 11) is 0. The minimum absolute atomic E-state index is 0. The summed E-state index contributed by atoms with van der Waals surface area (Å²) in [5.41, 5.74) is 5.91. The summed E-state index contributed by atoms with van der Waals surface area (Å²) in [6.07, 6.45) is 6.24. The number of nitrogens with two attached hydrogens (primary N) is 1. The molecule has 0 bridgehead atoms. The molecule has 5 nitrogen and oxygen atoms in total. The highest BCUT2D eigenvalue weighted by Crippen LogP contribution is 2.38. The van der Waals surface area contributed by atoms with Crippen molar-refractivity contribution in [3.63, 3.8) is 0 Å². The molecule has 7 heteroatoms. The molecule has 0 radical (unpaired) electrons. The number of nitrogens with zero attached hydrogens (tertiary/aromatic N) is 2. The average Bonchev–Trinajstić information content (AvgIpc) is 2.88. The van der Waals surface area contributed by atoms with Crippen LogP contribution >= 0.6 is 23.7 Å². The summed E-state index contributed by atoms with van der Waals surface area (Å²) >= 11 is 1.45. The van der Waals surface area contributed by atoms with E-state index in [4.69, 9.17) is 5.73 Å². The fraction of sp³-hybridized carbons (Fsp3) is 0.786. The number of hydrogen-bond donors (Lipinski definition) is 2. The van der Waals surface area contributed by atoms with Crippen LogP contribution in [0.15, 0.2) is 0 Å². The Morgan fingerprint density at radius 3 is 2.52 bits per heavy atom. The number of anilines is 1. The monoisotopic (exact) mass is 332 g/mol. The minimum Gasteiger partial charge on any atom is -0.330 e. The largest absolute Gasteiger partial charge is 0.330 e. The Morgan fingerprint density at radius 1 is 1.33 bits per heavy atom. The smallest absolute Gasteiger partial charge is 0.226 e. The Balaban J connectivity index is 0.00000220. The van der Waals surface area contributed by atoms with Gasteiger partial charge in [-0.1, -0.05) is 44.4 Å². The second-order valence-corrected chi connectivity index (χ2v) is 7.10. The van der Waals surface area contributed by atoms with Crippen molar-refractivity contribution in [2.45, 2.75) is 58.3 Å². The molecule has 1 saturated carbocycles. The molecule has 0 saturated heterocycles. The van der Waals surface area contributed by atoms with Crippen molar-refractivity contribution in [2.75, 3.05) is 11.9 Å². The lowest BCUT2D eigenvalue weighted by Gasteiger charge is -2.35. The maximum absolute atomic E-state index is 12.2. The van der Waals surface area contributed by atoms with E-state index in [1.807, 2.05) is 0 Å². The van der Waals surface area contributed by atoms with Gasteiger partial charge in [0.25, 0.3) is 0 Å². The molecule has 0 aliphatic heterocycles. The first-order chi connectivity index (χ1) is 9.54. The number of amides is 1. The van der Waals surface area contributed by atoms with Gasteiger partial charge in [-0.25, -0.2) is 0 Å². The van der Waals surface area contributed by atoms with Crippen LogP contribution in [0.3, 0.4) is 0 Å². The Morgan fingerprint density at radius 2 is 2.00 bits per heavy atom. The van der Waals surface area contributed by atoms with E-state index in [0.717, 1.165) is 17.8 Å². The summed E-state index contributed by atoms with van der Waals surface area (Å²) < 4.78 is 0. The van der Waals surface area contributed by atoms with Crippen molar-refractivity contribution in [3.8, 4) is 0 Å². The molecule has 1 aromatic heterocycles. The molecule has 1 heterocycles. The van der Waals surface area contributed by atoms with Crippen LogP contribution in [0.4, 0.5) is 5.13 Å². The molecule has 2 rings (SSSR count). The number of carbonyl (C=O) groups is 1. The van der Waals surface area contributed by atoms with E-state index in [0.29, 0.717) is 24.0 Å². The Kier molecular flexibility index (Phi) is 7.03. The van der Waals surface area contributed by atoms with E-state index in [1.54, 1.807) is 0 Å². The maximum Gasteiger partial charge on any atom is 0.226 e. The molecule has 1 aromatic rings. The molecule has 120 valence electrons. The van der Waals surface area contributed by atoms with Crippen molar-refractivity contribution in [1.29, 1.82) is 0 Å². The van der Waals surface area contributed by atoms with Crippen molar-refractivity contribution in [1.82, 2.24) is 10.2 Å². The van der Waals surface area contributed by atoms with Gasteiger partial charge < -0.3 is 11.1 Å². The maximum atomic E-state index is 12.2. The van der Waals surface area contributed by atoms with Gasteiger partial charge in [-0.3, -0.25) is 4.79 Å². The normalized spacial score (nSPS) is 17.3. The highest BCUT2D eigenvalue weighted by molar-refractivity contribution is 7.15. The van der Waals surface area contributed by atoms with Crippen LogP contribution in [0.5, 0.6) is 0 Å². The zero-order valence-corrected chi connectivity index (χ0v) is 14.4. The fourth-order valence-corrected chi connectivity index (χ4v) is 3.54. The molecule has 21 heavy (non-hydrogen) atoms. The van der Waals surface area contributed by atoms with E-state index in [1.165, 1.54) is 30.6 Å². The van der Waals surface area contributed by atoms with Crippen molar-refractivity contribution < 1.29 is 4.79 Å². The van der Waals surface area contributed by atoms with Crippen LogP contribution in [-0.4, -0.2) is 22.6 Å². The van der Waals surface area contributed by atoms with Gasteiger partial charge in [-0.05, 0) is 24.8 Å². The third-order valence-electron chi connectivity index (χ3n) is 4.06. The number of rotatable bonds is 5. The van der Waals surface area contributed by atoms with Crippen LogP contribution in [0, 0.1) is 5.41 Å². The van der Waals surface area contributed by atoms with Crippen LogP contribution in [0.2, 0.25) is 0 Å². The Hall–Kier alpha value is -0.720. The zero-order valence-electron chi connectivity index (χ0n) is 12.7. The molecule has 1 aliphatic carbocycles. The van der Waals surface area contributed by atoms with Gasteiger partial charge in [0.1, 0.15) is 5.01 Å². The highest BCUT2D eigenvalue weighted by atomic mass is 35.5. The summed E-state index contributed by atoms with van der Waals surface area (Å²) in [5, 5.41) is 12.5. The Labute approximate surface area is 136 Å². The molecule has 0 unspecified atom stereocenters. The third kappa shape index (κ3) is 4.90. The number of nitrogens with one attached hydrogen (secondary N) is 1. The lowest BCUT2D eigenvalue weighted by Crippen LogP contribution is -2.36. The van der Waals surface area contributed by atoms with E-state index >= 15 is 0 Å². The molecule has 1 amide bonds. The first-order valence-electron chi connectivity index (χ1n) is 7.38. The number of halogens is 1. The molecule has 3 N–H and O–H groups in total. The number of aromatic nitrogens is 2. The predicted octanol–water partition coefficient (Wildman–Crippen LogP) is 3.32. The fourth-order valence-electron chi connectivity index (χ4n) is 2.78. The SMILES string of the molecule is CC(C)c1nnc(NC(=O)CC2(CN)CCCCC2)s1.Cl. The lowest BCUT2D eigenvalue weighted by molar-refractivity contribution is -0.118. The second kappa shape index (κ2) is 8.06. The van der Waals surface area contributed by atoms with Gasteiger partial charge >= 0.3 is 0 Å². The number of carbonyl (C=O) groups excluding carboxylic acids is 1. The zero-order chi connectivity index (χ0) is 14.6. The summed E-state index contributed by atoms with van der Waals surface area (Å²) in [6, 6.07) is 0. The first kappa shape index (κ1) is 18.3. The predicted molar refractivity (Wildman–Crippen MR) is 89.1 cm³/mol. The third-order valence-corrected chi connectivity index (χ3v) is 5.20. The van der Waals surface area contributed by atoms with Gasteiger partial charge in [-0.15, -0.1) is 22.6 Å². The summed E-state index contributed by atoms with van der Waals surface area (Å²) in [5.74, 6) is 0.357. The molecular weight excluding hydrogens is 308 g/mol. The minimum atomic E-state index is -0.00605. The van der Waals surface area contributed by atoms with Gasteiger partial charge in [0.2, 0.25) is 11.0 Å². The Bertz CT molecular complexity index is 458. The van der Waals surface area contributed by atoms with Crippen molar-refractivity contribution in [2.24, 2.45) is 11.1 Å². The van der Waals surface area contributed by atoms with E-state index in [2.05, 4.69) is 29.4 Å². The van der Waals surface area contributed by atoms with Crippen LogP contribution in [-0.2, 0) is 4.79 Å². The van der Waals surface area contributed by atoms with Crippen LogP contribution in [0.1, 0.15) is 63.3 Å². The second-order valence-electron chi connectivity index (χ2n) is 6.09. The van der Waals surface area contributed by atoms with Crippen LogP contribution in [0.25, 0.3) is 0 Å². The average molecular weight is 333 g/mol. The van der Waals surface area contributed by atoms with Gasteiger partial charge in [0.05, 0.1) is 0 Å². The number of hydrogen-bond acceptors (Lipinski definition) is 5. The molecule has 0 aromatic carbocycles. The molecule has 0 atom stereocenters. The molecular formula is C14H25ClN4OS. The topological polar surface area (TPSA) is 80.9 Å². The van der Waals surface area contributed by atoms with Crippen LogP contribution < -0.4 is 11.1 Å². The molecule has 0 spiro atoms. The van der Waals surface area contributed by atoms with Gasteiger partial charge in [0.15, 0.2) is 0 Å². The van der Waals surface area contributed by atoms with E-state index < -0.39 is 0 Å². The standard InChI is InChI=1S/C14H24N4OS.ClH/c1-10(2)12-17-18-13(20-12)16-11(19)8-14(9-15)6-4-3-5-7-14;/h10H,3-9,15H2,1-2H3,(H,16,18,19);1H. The quantitative estimate of drug-likeness (QED) is 0.866. The van der Waals surface area contributed by atoms with E-state index in [-0.39, 0.29) is 23.7 Å². The van der Waals surface area contributed by atoms with Crippen molar-refractivity contribution in [3.05, 3.63) is 5.01 Å².